The van der Waals surface area contributed by atoms with Crippen molar-refractivity contribution < 1.29 is 8.78 Å². The van der Waals surface area contributed by atoms with E-state index in [0.29, 0.717) is 12.1 Å². The Morgan fingerprint density at radius 2 is 2.17 bits per heavy atom. The zero-order valence-corrected chi connectivity index (χ0v) is 12.1. The molecule has 0 radical (unpaired) electrons. The Hall–Kier alpha value is -0.780. The predicted molar refractivity (Wildman–Crippen MR) is 73.6 cm³/mol. The molecular formula is C13H12BrF2NS. The second-order valence-electron chi connectivity index (χ2n) is 3.98. The molecule has 1 aromatic heterocycles. The molecule has 0 aliphatic rings. The number of halogens is 3. The molecule has 96 valence electrons. The Kier molecular flexibility index (Phi) is 4.48. The average Bonchev–Trinajstić information content (AvgIpc) is 2.76. The van der Waals surface area contributed by atoms with Crippen LogP contribution >= 0.6 is 27.3 Å². The van der Waals surface area contributed by atoms with E-state index >= 15 is 0 Å². The molecule has 2 rings (SSSR count). The summed E-state index contributed by atoms with van der Waals surface area (Å²) in [6.45, 7) is 2.45. The summed E-state index contributed by atoms with van der Waals surface area (Å²) in [5, 5.41) is 5.17. The highest BCUT2D eigenvalue weighted by atomic mass is 79.9. The molecule has 0 saturated heterocycles. The van der Waals surface area contributed by atoms with E-state index in [1.807, 2.05) is 18.4 Å². The Labute approximate surface area is 117 Å². The highest BCUT2D eigenvalue weighted by Crippen LogP contribution is 2.22. The van der Waals surface area contributed by atoms with Crippen molar-refractivity contribution >= 4 is 27.3 Å². The summed E-state index contributed by atoms with van der Waals surface area (Å²) in [6.07, 6.45) is 0. The monoisotopic (exact) mass is 331 g/mol. The quantitative estimate of drug-likeness (QED) is 0.860. The Morgan fingerprint density at radius 1 is 1.39 bits per heavy atom. The van der Waals surface area contributed by atoms with Crippen LogP contribution in [0.5, 0.6) is 0 Å². The molecule has 1 N–H and O–H groups in total. The fraction of sp³-hybridized carbons (Fsp3) is 0.231. The van der Waals surface area contributed by atoms with Crippen LogP contribution in [0.25, 0.3) is 0 Å². The lowest BCUT2D eigenvalue weighted by molar-refractivity contribution is 0.473. The maximum absolute atomic E-state index is 13.6. The Bertz CT molecular complexity index is 542. The molecule has 1 aromatic carbocycles. The number of rotatable bonds is 4. The fourth-order valence-corrected chi connectivity index (χ4v) is 3.07. The zero-order chi connectivity index (χ0) is 13.1. The molecule has 5 heteroatoms. The van der Waals surface area contributed by atoms with Crippen LogP contribution in [0.1, 0.15) is 23.4 Å². The van der Waals surface area contributed by atoms with Crippen LogP contribution in [-0.2, 0) is 6.54 Å². The van der Waals surface area contributed by atoms with Crippen LogP contribution in [0, 0.1) is 11.6 Å². The molecular weight excluding hydrogens is 320 g/mol. The average molecular weight is 332 g/mol. The number of nitrogens with one attached hydrogen (secondary N) is 1. The number of hydrogen-bond donors (Lipinski definition) is 1. The van der Waals surface area contributed by atoms with E-state index in [-0.39, 0.29) is 6.04 Å². The maximum Gasteiger partial charge on any atom is 0.163 e. The second kappa shape index (κ2) is 5.91. The molecule has 0 amide bonds. The minimum absolute atomic E-state index is 0.235. The molecule has 1 unspecified atom stereocenters. The molecule has 0 aliphatic carbocycles. The third kappa shape index (κ3) is 3.16. The molecule has 1 atom stereocenters. The van der Waals surface area contributed by atoms with Gasteiger partial charge < -0.3 is 5.32 Å². The van der Waals surface area contributed by atoms with Gasteiger partial charge in [0.1, 0.15) is 0 Å². The predicted octanol–water partition coefficient (Wildman–Crippen LogP) is 4.64. The van der Waals surface area contributed by atoms with Crippen LogP contribution in [0.3, 0.4) is 0 Å². The molecule has 0 fully saturated rings. The van der Waals surface area contributed by atoms with Gasteiger partial charge in [0, 0.05) is 32.9 Å². The molecule has 2 aromatic rings. The second-order valence-corrected chi connectivity index (χ2v) is 5.89. The summed E-state index contributed by atoms with van der Waals surface area (Å²) in [4.78, 5) is 1.14. The van der Waals surface area contributed by atoms with Gasteiger partial charge in [-0.3, -0.25) is 0 Å². The molecule has 1 nitrogen and oxygen atoms in total. The molecule has 0 spiro atoms. The smallest absolute Gasteiger partial charge is 0.163 e. The van der Waals surface area contributed by atoms with E-state index in [1.54, 1.807) is 17.4 Å². The van der Waals surface area contributed by atoms with Gasteiger partial charge in [0.25, 0.3) is 0 Å². The van der Waals surface area contributed by atoms with Gasteiger partial charge in [0.05, 0.1) is 0 Å². The van der Waals surface area contributed by atoms with Gasteiger partial charge in [-0.05, 0) is 35.0 Å². The van der Waals surface area contributed by atoms with Gasteiger partial charge in [-0.2, -0.15) is 0 Å². The first-order valence-electron chi connectivity index (χ1n) is 5.48. The normalized spacial score (nSPS) is 12.7. The van der Waals surface area contributed by atoms with Crippen LogP contribution in [-0.4, -0.2) is 0 Å². The first-order valence-corrected chi connectivity index (χ1v) is 7.15. The van der Waals surface area contributed by atoms with Gasteiger partial charge in [-0.15, -0.1) is 11.3 Å². The van der Waals surface area contributed by atoms with Crippen molar-refractivity contribution in [2.24, 2.45) is 0 Å². The Morgan fingerprint density at radius 3 is 2.83 bits per heavy atom. The lowest BCUT2D eigenvalue weighted by atomic mass is 10.1. The van der Waals surface area contributed by atoms with Gasteiger partial charge in [0.15, 0.2) is 11.6 Å². The van der Waals surface area contributed by atoms with Crippen LogP contribution in [0.15, 0.2) is 34.1 Å². The van der Waals surface area contributed by atoms with Crippen LogP contribution in [0.4, 0.5) is 8.78 Å². The van der Waals surface area contributed by atoms with E-state index in [2.05, 4.69) is 21.2 Å². The van der Waals surface area contributed by atoms with E-state index in [0.717, 1.165) is 15.4 Å². The van der Waals surface area contributed by atoms with Gasteiger partial charge in [-0.25, -0.2) is 8.78 Å². The third-order valence-electron chi connectivity index (χ3n) is 2.65. The molecule has 1 heterocycles. The SMILES string of the molecule is CC(NCc1cc(Br)cs1)c1cccc(F)c1F. The number of hydrogen-bond acceptors (Lipinski definition) is 2. The summed E-state index contributed by atoms with van der Waals surface area (Å²) in [5.41, 5.74) is 0.352. The van der Waals surface area contributed by atoms with E-state index in [1.165, 1.54) is 6.07 Å². The first kappa shape index (κ1) is 13.6. The summed E-state index contributed by atoms with van der Waals surface area (Å²) in [6, 6.07) is 6.02. The Balaban J connectivity index is 2.03. The standard InChI is InChI=1S/C13H12BrF2NS/c1-8(11-3-2-4-12(15)13(11)16)17-6-10-5-9(14)7-18-10/h2-5,7-8,17H,6H2,1H3. The van der Waals surface area contributed by atoms with Gasteiger partial charge >= 0.3 is 0 Å². The first-order chi connectivity index (χ1) is 8.58. The van der Waals surface area contributed by atoms with Crippen molar-refractivity contribution in [3.8, 4) is 0 Å². The topological polar surface area (TPSA) is 12.0 Å². The summed E-state index contributed by atoms with van der Waals surface area (Å²) in [5.74, 6) is -1.58. The molecule has 0 aliphatic heterocycles. The minimum Gasteiger partial charge on any atom is -0.305 e. The van der Waals surface area contributed by atoms with Crippen LogP contribution in [0.2, 0.25) is 0 Å². The summed E-state index contributed by atoms with van der Waals surface area (Å²) < 4.78 is 27.7. The van der Waals surface area contributed by atoms with Crippen molar-refractivity contribution in [2.45, 2.75) is 19.5 Å². The van der Waals surface area contributed by atoms with Crippen molar-refractivity contribution in [1.82, 2.24) is 5.32 Å². The highest BCUT2D eigenvalue weighted by molar-refractivity contribution is 9.10. The zero-order valence-electron chi connectivity index (χ0n) is 9.71. The van der Waals surface area contributed by atoms with E-state index in [4.69, 9.17) is 0 Å². The van der Waals surface area contributed by atoms with E-state index < -0.39 is 11.6 Å². The highest BCUT2D eigenvalue weighted by Gasteiger charge is 2.13. The molecule has 0 bridgehead atoms. The molecule has 18 heavy (non-hydrogen) atoms. The van der Waals surface area contributed by atoms with Gasteiger partial charge in [0.2, 0.25) is 0 Å². The summed E-state index contributed by atoms with van der Waals surface area (Å²) >= 11 is 5.00. The lowest BCUT2D eigenvalue weighted by Gasteiger charge is -2.14. The van der Waals surface area contributed by atoms with E-state index in [9.17, 15) is 8.78 Å². The lowest BCUT2D eigenvalue weighted by Crippen LogP contribution is -2.19. The van der Waals surface area contributed by atoms with Crippen molar-refractivity contribution in [1.29, 1.82) is 0 Å². The third-order valence-corrected chi connectivity index (χ3v) is 4.35. The number of benzene rings is 1. The molecule has 0 saturated carbocycles. The van der Waals surface area contributed by atoms with Crippen molar-refractivity contribution in [2.75, 3.05) is 0 Å². The minimum atomic E-state index is -0.806. The van der Waals surface area contributed by atoms with Crippen molar-refractivity contribution in [3.63, 3.8) is 0 Å². The fourth-order valence-electron chi connectivity index (χ4n) is 1.67. The summed E-state index contributed by atoms with van der Waals surface area (Å²) in [7, 11) is 0. The van der Waals surface area contributed by atoms with Crippen LogP contribution < -0.4 is 5.32 Å². The van der Waals surface area contributed by atoms with Gasteiger partial charge in [-0.1, -0.05) is 12.1 Å². The van der Waals surface area contributed by atoms with Crippen molar-refractivity contribution in [3.05, 3.63) is 56.2 Å². The maximum atomic E-state index is 13.6. The number of thiophene rings is 1. The largest absolute Gasteiger partial charge is 0.305 e.